The molecule has 0 N–H and O–H groups in total. The van der Waals surface area contributed by atoms with Gasteiger partial charge in [0.15, 0.2) is 11.6 Å². The van der Waals surface area contributed by atoms with Gasteiger partial charge in [-0.25, -0.2) is 4.98 Å². The summed E-state index contributed by atoms with van der Waals surface area (Å²) in [7, 11) is 0. The molecule has 12 rings (SSSR count). The summed E-state index contributed by atoms with van der Waals surface area (Å²) in [5.74, 6) is 1.81. The molecule has 0 unspecified atom stereocenters. The van der Waals surface area contributed by atoms with Crippen molar-refractivity contribution >= 4 is 75.3 Å². The van der Waals surface area contributed by atoms with E-state index in [2.05, 4.69) is 146 Å². The number of hydrogen-bond donors (Lipinski definition) is 0. The monoisotopic (exact) mass is 710 g/mol. The van der Waals surface area contributed by atoms with Gasteiger partial charge >= 0.3 is 0 Å². The highest BCUT2D eigenvalue weighted by Gasteiger charge is 2.38. The highest BCUT2D eigenvalue weighted by atomic mass is 32.1. The van der Waals surface area contributed by atoms with Crippen LogP contribution in [0.15, 0.2) is 150 Å². The van der Waals surface area contributed by atoms with Gasteiger partial charge in [-0.1, -0.05) is 117 Å². The fourth-order valence-electron chi connectivity index (χ4n) is 9.05. The van der Waals surface area contributed by atoms with E-state index >= 15 is 0 Å². The van der Waals surface area contributed by atoms with Gasteiger partial charge in [-0.05, 0) is 64.7 Å². The number of para-hydroxylation sites is 2. The Morgan fingerprint density at radius 2 is 1.26 bits per heavy atom. The molecule has 5 nitrogen and oxygen atoms in total. The third kappa shape index (κ3) is 4.00. The molecule has 0 radical (unpaired) electrons. The molecule has 0 aliphatic heterocycles. The number of aromatic nitrogens is 4. The summed E-state index contributed by atoms with van der Waals surface area (Å²) in [5.41, 5.74) is 10.8. The predicted octanol–water partition coefficient (Wildman–Crippen LogP) is 12.9. The second-order valence-corrected chi connectivity index (χ2v) is 15.8. The smallest absolute Gasteiger partial charge is 0.238 e. The van der Waals surface area contributed by atoms with Gasteiger partial charge in [-0.3, -0.25) is 4.57 Å². The lowest BCUT2D eigenvalue weighted by atomic mass is 9.80. The Labute approximate surface area is 313 Å². The van der Waals surface area contributed by atoms with E-state index in [1.807, 2.05) is 18.2 Å². The van der Waals surface area contributed by atoms with Crippen LogP contribution in [0.5, 0.6) is 0 Å². The topological polar surface area (TPSA) is 56.7 Å². The minimum atomic E-state index is -0.186. The maximum absolute atomic E-state index is 6.35. The summed E-state index contributed by atoms with van der Waals surface area (Å²) in [4.78, 5) is 16.0. The fourth-order valence-corrected chi connectivity index (χ4v) is 10.3. The van der Waals surface area contributed by atoms with Crippen LogP contribution in [0.1, 0.15) is 25.0 Å². The largest absolute Gasteiger partial charge is 0.456 e. The normalized spacial score (nSPS) is 13.5. The van der Waals surface area contributed by atoms with Crippen molar-refractivity contribution in [3.8, 4) is 39.9 Å². The predicted molar refractivity (Wildman–Crippen MR) is 223 cm³/mol. The number of benzene rings is 7. The quantitative estimate of drug-likeness (QED) is 0.183. The molecule has 0 bridgehead atoms. The van der Waals surface area contributed by atoms with Gasteiger partial charge in [-0.15, -0.1) is 11.3 Å². The van der Waals surface area contributed by atoms with Crippen LogP contribution in [0.2, 0.25) is 0 Å². The summed E-state index contributed by atoms with van der Waals surface area (Å²) in [6.07, 6.45) is 0. The maximum atomic E-state index is 6.35. The van der Waals surface area contributed by atoms with E-state index in [0.29, 0.717) is 17.6 Å². The van der Waals surface area contributed by atoms with Gasteiger partial charge in [0.1, 0.15) is 11.2 Å². The van der Waals surface area contributed by atoms with E-state index < -0.39 is 0 Å². The van der Waals surface area contributed by atoms with E-state index in [-0.39, 0.29) is 5.41 Å². The van der Waals surface area contributed by atoms with Crippen molar-refractivity contribution < 1.29 is 4.42 Å². The zero-order valence-electron chi connectivity index (χ0n) is 29.5. The van der Waals surface area contributed by atoms with Gasteiger partial charge in [0.25, 0.3) is 0 Å². The third-order valence-corrected chi connectivity index (χ3v) is 12.7. The molecule has 4 heterocycles. The van der Waals surface area contributed by atoms with E-state index in [0.717, 1.165) is 48.8 Å². The molecule has 0 spiro atoms. The molecule has 0 fully saturated rings. The van der Waals surface area contributed by atoms with Crippen molar-refractivity contribution in [1.82, 2.24) is 19.5 Å². The lowest BCUT2D eigenvalue weighted by molar-refractivity contribution is 0.666. The van der Waals surface area contributed by atoms with Crippen LogP contribution >= 0.6 is 11.3 Å². The van der Waals surface area contributed by atoms with Crippen molar-refractivity contribution in [2.45, 2.75) is 19.3 Å². The van der Waals surface area contributed by atoms with Crippen LogP contribution in [0.4, 0.5) is 0 Å². The van der Waals surface area contributed by atoms with Crippen molar-refractivity contribution in [3.63, 3.8) is 0 Å². The first-order chi connectivity index (χ1) is 26.5. The summed E-state index contributed by atoms with van der Waals surface area (Å²) >= 11 is 1.78. The Kier molecular flexibility index (Phi) is 5.93. The number of rotatable bonds is 3. The van der Waals surface area contributed by atoms with Gasteiger partial charge in [0, 0.05) is 58.3 Å². The molecule has 0 saturated carbocycles. The first-order valence-electron chi connectivity index (χ1n) is 18.3. The van der Waals surface area contributed by atoms with Crippen LogP contribution in [-0.2, 0) is 5.41 Å². The first kappa shape index (κ1) is 29.9. The molecule has 1 aliphatic rings. The SMILES string of the molecule is CC1(C)c2ccccc2-c2ccc3c(c21)c1ccccc1n3-c1nc(-c2ccc3c(c2)oc2ccccc23)nc(-c2cccc3c2sc2ccccc23)n1. The van der Waals surface area contributed by atoms with Crippen molar-refractivity contribution in [2.24, 2.45) is 0 Å². The van der Waals surface area contributed by atoms with Gasteiger partial charge < -0.3 is 4.42 Å². The minimum Gasteiger partial charge on any atom is -0.456 e. The minimum absolute atomic E-state index is 0.186. The Balaban J connectivity index is 1.16. The lowest BCUT2D eigenvalue weighted by Gasteiger charge is -2.22. The van der Waals surface area contributed by atoms with Crippen LogP contribution in [0.25, 0.3) is 104 Å². The van der Waals surface area contributed by atoms with E-state index in [1.165, 1.54) is 48.5 Å². The van der Waals surface area contributed by atoms with Gasteiger partial charge in [0.2, 0.25) is 5.95 Å². The number of hydrogen-bond acceptors (Lipinski definition) is 5. The molecular weight excluding hydrogens is 681 g/mol. The number of nitrogens with zero attached hydrogens (tertiary/aromatic N) is 4. The average Bonchev–Trinajstić information content (AvgIpc) is 3.94. The fraction of sp³-hybridized carbons (Fsp3) is 0.0625. The molecule has 6 heteroatoms. The molecule has 0 saturated heterocycles. The van der Waals surface area contributed by atoms with Crippen molar-refractivity contribution in [3.05, 3.63) is 157 Å². The van der Waals surface area contributed by atoms with E-state index in [4.69, 9.17) is 19.4 Å². The second-order valence-electron chi connectivity index (χ2n) is 14.8. The highest BCUT2D eigenvalue weighted by Crippen LogP contribution is 2.53. The maximum Gasteiger partial charge on any atom is 0.238 e. The number of thiophene rings is 1. The summed E-state index contributed by atoms with van der Waals surface area (Å²) < 4.78 is 11.0. The van der Waals surface area contributed by atoms with Crippen molar-refractivity contribution in [1.29, 1.82) is 0 Å². The number of fused-ring (bicyclic) bond motifs is 13. The zero-order valence-corrected chi connectivity index (χ0v) is 30.3. The van der Waals surface area contributed by atoms with Crippen LogP contribution < -0.4 is 0 Å². The molecular formula is C48H30N4OS. The lowest BCUT2D eigenvalue weighted by Crippen LogP contribution is -2.15. The zero-order chi connectivity index (χ0) is 35.7. The Hall–Kier alpha value is -6.63. The highest BCUT2D eigenvalue weighted by molar-refractivity contribution is 7.26. The summed E-state index contributed by atoms with van der Waals surface area (Å²) in [6, 6.07) is 51.5. The van der Waals surface area contributed by atoms with E-state index in [9.17, 15) is 0 Å². The molecule has 0 amide bonds. The summed E-state index contributed by atoms with van der Waals surface area (Å²) in [6.45, 7) is 4.70. The van der Waals surface area contributed by atoms with Gasteiger partial charge in [0.05, 0.1) is 11.0 Å². The number of furan rings is 1. The van der Waals surface area contributed by atoms with E-state index in [1.54, 1.807) is 11.3 Å². The molecule has 4 aromatic heterocycles. The van der Waals surface area contributed by atoms with Crippen molar-refractivity contribution in [2.75, 3.05) is 0 Å². The Bertz CT molecular complexity index is 3380. The Morgan fingerprint density at radius 1 is 0.537 bits per heavy atom. The third-order valence-electron chi connectivity index (χ3n) is 11.5. The van der Waals surface area contributed by atoms with Crippen LogP contribution in [-0.4, -0.2) is 19.5 Å². The molecule has 1 aliphatic carbocycles. The first-order valence-corrected chi connectivity index (χ1v) is 19.1. The molecule has 254 valence electrons. The van der Waals surface area contributed by atoms with Crippen LogP contribution in [0.3, 0.4) is 0 Å². The van der Waals surface area contributed by atoms with Gasteiger partial charge in [-0.2, -0.15) is 9.97 Å². The second kappa shape index (κ2) is 10.7. The standard InChI is InChI=1S/C48H30N4OS/c1-48(2)36-18-7-3-12-28(36)32-24-25-38-42(43(32)48)34-15-4-8-19-37(34)52(38)47-50-45(27-22-23-30-29-13-5-9-20-39(29)53-40(30)26-27)49-46(51-47)35-17-11-16-33-31-14-6-10-21-41(31)54-44(33)35/h3-26H,1-2H3. The Morgan fingerprint density at radius 3 is 2.19 bits per heavy atom. The van der Waals surface area contributed by atoms with Crippen LogP contribution in [0, 0.1) is 0 Å². The molecule has 0 atom stereocenters. The molecule has 11 aromatic rings. The summed E-state index contributed by atoms with van der Waals surface area (Å²) in [5, 5.41) is 7.03. The molecule has 54 heavy (non-hydrogen) atoms. The average molecular weight is 711 g/mol. The molecule has 7 aromatic carbocycles.